The molecule has 0 saturated heterocycles. The molecule has 0 radical (unpaired) electrons. The number of unbranched alkanes of at least 4 members (excludes halogenated alkanes) is 1. The summed E-state index contributed by atoms with van der Waals surface area (Å²) >= 11 is 5.92. The summed E-state index contributed by atoms with van der Waals surface area (Å²) in [6, 6.07) is 21.2. The molecule has 170 valence electrons. The van der Waals surface area contributed by atoms with E-state index < -0.39 is 0 Å². The van der Waals surface area contributed by atoms with Gasteiger partial charge < -0.3 is 14.6 Å². The Morgan fingerprint density at radius 1 is 1.03 bits per heavy atom. The highest BCUT2D eigenvalue weighted by Crippen LogP contribution is 2.20. The lowest BCUT2D eigenvalue weighted by Gasteiger charge is -2.12. The smallest absolute Gasteiger partial charge is 0.251 e. The molecule has 1 amide bonds. The molecule has 0 saturated carbocycles. The van der Waals surface area contributed by atoms with Crippen LogP contribution in [0.15, 0.2) is 66.7 Å². The van der Waals surface area contributed by atoms with Crippen molar-refractivity contribution < 1.29 is 9.53 Å². The number of nitrogens with one attached hydrogen (secondary N) is 1. The van der Waals surface area contributed by atoms with Crippen molar-refractivity contribution in [1.82, 2.24) is 14.9 Å². The van der Waals surface area contributed by atoms with E-state index in [4.69, 9.17) is 21.3 Å². The van der Waals surface area contributed by atoms with E-state index >= 15 is 0 Å². The molecule has 0 spiro atoms. The van der Waals surface area contributed by atoms with Crippen LogP contribution in [0.3, 0.4) is 0 Å². The number of carbonyl (C=O) groups excluding carboxylic acids is 1. The average Bonchev–Trinajstić information content (AvgIpc) is 3.17. The first-order valence-corrected chi connectivity index (χ1v) is 11.6. The number of imidazole rings is 1. The Morgan fingerprint density at radius 3 is 2.64 bits per heavy atom. The van der Waals surface area contributed by atoms with Crippen molar-refractivity contribution in [2.24, 2.45) is 0 Å². The van der Waals surface area contributed by atoms with Crippen molar-refractivity contribution in [1.29, 1.82) is 0 Å². The van der Waals surface area contributed by atoms with Crippen molar-refractivity contribution in [3.05, 3.63) is 94.3 Å². The fourth-order valence-corrected chi connectivity index (χ4v) is 3.92. The predicted octanol–water partition coefficient (Wildman–Crippen LogP) is 6.10. The second-order valence-electron chi connectivity index (χ2n) is 8.18. The molecule has 1 N–H and O–H groups in total. The van der Waals surface area contributed by atoms with Crippen LogP contribution in [0.1, 0.15) is 40.2 Å². The summed E-state index contributed by atoms with van der Waals surface area (Å²) in [7, 11) is 0. The monoisotopic (exact) mass is 461 g/mol. The summed E-state index contributed by atoms with van der Waals surface area (Å²) in [5.74, 6) is 1.65. The van der Waals surface area contributed by atoms with Gasteiger partial charge in [0.05, 0.1) is 24.2 Å². The summed E-state index contributed by atoms with van der Waals surface area (Å²) in [5.41, 5.74) is 4.93. The Hall–Kier alpha value is -3.31. The van der Waals surface area contributed by atoms with E-state index in [9.17, 15) is 4.79 Å². The largest absolute Gasteiger partial charge is 0.493 e. The minimum atomic E-state index is -0.146. The van der Waals surface area contributed by atoms with Gasteiger partial charge in [-0.2, -0.15) is 0 Å². The molecule has 4 rings (SSSR count). The first-order valence-electron chi connectivity index (χ1n) is 11.2. The van der Waals surface area contributed by atoms with Gasteiger partial charge in [0.15, 0.2) is 0 Å². The van der Waals surface area contributed by atoms with E-state index in [0.717, 1.165) is 47.6 Å². The van der Waals surface area contributed by atoms with Crippen LogP contribution in [-0.2, 0) is 13.1 Å². The third kappa shape index (κ3) is 5.74. The number of fused-ring (bicyclic) bond motifs is 1. The fraction of sp³-hybridized carbons (Fsp3) is 0.259. The number of nitrogens with zero attached hydrogens (tertiary/aromatic N) is 2. The van der Waals surface area contributed by atoms with Gasteiger partial charge in [0, 0.05) is 17.1 Å². The van der Waals surface area contributed by atoms with E-state index in [1.54, 1.807) is 24.3 Å². The molecule has 3 aromatic carbocycles. The molecule has 0 aliphatic carbocycles. The van der Waals surface area contributed by atoms with Crippen LogP contribution in [0.4, 0.5) is 0 Å². The molecular formula is C27H28ClN3O2. The zero-order chi connectivity index (χ0) is 23.2. The highest BCUT2D eigenvalue weighted by molar-refractivity contribution is 6.30. The van der Waals surface area contributed by atoms with Gasteiger partial charge in [-0.05, 0) is 80.3 Å². The third-order valence-electron chi connectivity index (χ3n) is 5.62. The fourth-order valence-electron chi connectivity index (χ4n) is 3.79. The third-order valence-corrected chi connectivity index (χ3v) is 5.88. The number of rotatable bonds is 9. The summed E-state index contributed by atoms with van der Waals surface area (Å²) in [6.45, 7) is 5.97. The Balaban J connectivity index is 1.38. The lowest BCUT2D eigenvalue weighted by atomic mass is 10.1. The van der Waals surface area contributed by atoms with Gasteiger partial charge in [-0.15, -0.1) is 0 Å². The molecule has 6 heteroatoms. The van der Waals surface area contributed by atoms with Crippen LogP contribution >= 0.6 is 11.6 Å². The molecule has 33 heavy (non-hydrogen) atoms. The van der Waals surface area contributed by atoms with E-state index in [0.29, 0.717) is 23.7 Å². The van der Waals surface area contributed by atoms with Gasteiger partial charge in [0.1, 0.15) is 11.6 Å². The maximum absolute atomic E-state index is 12.5. The highest BCUT2D eigenvalue weighted by atomic mass is 35.5. The van der Waals surface area contributed by atoms with Gasteiger partial charge in [-0.25, -0.2) is 4.98 Å². The minimum absolute atomic E-state index is 0.146. The standard InChI is InChI=1S/C27H28ClN3O2/c1-19-9-10-20(2)25(17-19)33-16-6-5-15-31-24-8-4-3-7-23(24)30-26(31)18-29-27(32)21-11-13-22(28)14-12-21/h3-4,7-14,17H,5-6,15-16,18H2,1-2H3,(H,29,32). The summed E-state index contributed by atoms with van der Waals surface area (Å²) in [4.78, 5) is 17.3. The number of carbonyl (C=O) groups is 1. The second kappa shape index (κ2) is 10.5. The van der Waals surface area contributed by atoms with E-state index in [-0.39, 0.29) is 5.91 Å². The minimum Gasteiger partial charge on any atom is -0.493 e. The topological polar surface area (TPSA) is 56.1 Å². The molecule has 0 aliphatic heterocycles. The van der Waals surface area contributed by atoms with Gasteiger partial charge in [-0.1, -0.05) is 35.9 Å². The zero-order valence-electron chi connectivity index (χ0n) is 19.0. The van der Waals surface area contributed by atoms with Crippen LogP contribution < -0.4 is 10.1 Å². The SMILES string of the molecule is Cc1ccc(C)c(OCCCCn2c(CNC(=O)c3ccc(Cl)cc3)nc3ccccc32)c1. The van der Waals surface area contributed by atoms with Crippen molar-refractivity contribution in [2.75, 3.05) is 6.61 Å². The first kappa shape index (κ1) is 22.9. The van der Waals surface area contributed by atoms with Crippen molar-refractivity contribution >= 4 is 28.5 Å². The predicted molar refractivity (Wildman–Crippen MR) is 133 cm³/mol. The number of ether oxygens (including phenoxy) is 1. The molecule has 5 nitrogen and oxygen atoms in total. The number of aromatic nitrogens is 2. The van der Waals surface area contributed by atoms with Crippen LogP contribution in [0, 0.1) is 13.8 Å². The summed E-state index contributed by atoms with van der Waals surface area (Å²) in [6.07, 6.45) is 1.87. The summed E-state index contributed by atoms with van der Waals surface area (Å²) in [5, 5.41) is 3.59. The van der Waals surface area contributed by atoms with Gasteiger partial charge in [0.2, 0.25) is 0 Å². The average molecular weight is 462 g/mol. The summed E-state index contributed by atoms with van der Waals surface area (Å²) < 4.78 is 8.19. The van der Waals surface area contributed by atoms with Crippen molar-refractivity contribution in [3.8, 4) is 5.75 Å². The molecule has 4 aromatic rings. The zero-order valence-corrected chi connectivity index (χ0v) is 19.7. The Labute approximate surface area is 199 Å². The van der Waals surface area contributed by atoms with Crippen LogP contribution in [0.5, 0.6) is 5.75 Å². The van der Waals surface area contributed by atoms with E-state index in [1.807, 2.05) is 18.2 Å². The van der Waals surface area contributed by atoms with Gasteiger partial charge in [-0.3, -0.25) is 4.79 Å². The van der Waals surface area contributed by atoms with E-state index in [1.165, 1.54) is 5.56 Å². The first-order chi connectivity index (χ1) is 16.0. The normalized spacial score (nSPS) is 11.0. The number of aryl methyl sites for hydroxylation is 3. The Kier molecular flexibility index (Phi) is 7.30. The van der Waals surface area contributed by atoms with Crippen LogP contribution in [0.25, 0.3) is 11.0 Å². The lowest BCUT2D eigenvalue weighted by Crippen LogP contribution is -2.24. The maximum atomic E-state index is 12.5. The van der Waals surface area contributed by atoms with Crippen LogP contribution in [0.2, 0.25) is 5.02 Å². The molecule has 0 aliphatic rings. The van der Waals surface area contributed by atoms with Gasteiger partial charge >= 0.3 is 0 Å². The number of benzene rings is 3. The molecule has 1 aromatic heterocycles. The number of para-hydroxylation sites is 2. The molecule has 0 fully saturated rings. The molecule has 1 heterocycles. The highest BCUT2D eigenvalue weighted by Gasteiger charge is 2.12. The molecule has 0 atom stereocenters. The number of halogens is 1. The Bertz CT molecular complexity index is 1250. The molecular weight excluding hydrogens is 434 g/mol. The van der Waals surface area contributed by atoms with E-state index in [2.05, 4.69) is 48.0 Å². The number of amides is 1. The van der Waals surface area contributed by atoms with Gasteiger partial charge in [0.25, 0.3) is 5.91 Å². The molecule has 0 unspecified atom stereocenters. The number of hydrogen-bond donors (Lipinski definition) is 1. The van der Waals surface area contributed by atoms with Crippen molar-refractivity contribution in [3.63, 3.8) is 0 Å². The lowest BCUT2D eigenvalue weighted by molar-refractivity contribution is 0.0949. The number of hydrogen-bond acceptors (Lipinski definition) is 3. The van der Waals surface area contributed by atoms with Crippen molar-refractivity contribution in [2.45, 2.75) is 39.8 Å². The molecule has 0 bridgehead atoms. The maximum Gasteiger partial charge on any atom is 0.251 e. The second-order valence-corrected chi connectivity index (χ2v) is 8.62. The Morgan fingerprint density at radius 2 is 1.82 bits per heavy atom. The quantitative estimate of drug-likeness (QED) is 0.306. The van der Waals surface area contributed by atoms with Crippen LogP contribution in [-0.4, -0.2) is 22.1 Å².